The highest BCUT2D eigenvalue weighted by Gasteiger charge is 2.38. The molecule has 2 aromatic rings. The molecule has 4 nitrogen and oxygen atoms in total. The molecule has 0 spiro atoms. The molecule has 130 valence electrons. The number of guanidine groups is 1. The topological polar surface area (TPSA) is 41.4 Å². The van der Waals surface area contributed by atoms with E-state index in [0.717, 1.165) is 25.6 Å². The number of aliphatic imine (C=N–C) groups is 1. The highest BCUT2D eigenvalue weighted by molar-refractivity contribution is 14.0. The van der Waals surface area contributed by atoms with Crippen molar-refractivity contribution in [1.29, 1.82) is 0 Å². The second-order valence-electron chi connectivity index (χ2n) is 6.27. The lowest BCUT2D eigenvalue weighted by atomic mass is 9.64. The molecule has 5 heteroatoms. The van der Waals surface area contributed by atoms with Crippen molar-refractivity contribution in [2.75, 3.05) is 20.1 Å². The first-order valence-electron chi connectivity index (χ1n) is 8.43. The molecular formula is C19H27IN4. The van der Waals surface area contributed by atoms with E-state index in [1.807, 2.05) is 19.2 Å². The number of nitrogens with zero attached hydrogens (tertiary/aromatic N) is 2. The molecule has 1 saturated carbocycles. The maximum atomic E-state index is 4.35. The van der Waals surface area contributed by atoms with Crippen LogP contribution in [0.4, 0.5) is 0 Å². The Bertz CT molecular complexity index is 618. The molecule has 0 aliphatic heterocycles. The van der Waals surface area contributed by atoms with E-state index in [4.69, 9.17) is 0 Å². The summed E-state index contributed by atoms with van der Waals surface area (Å²) < 4.78 is 2.16. The van der Waals surface area contributed by atoms with Crippen LogP contribution in [-0.4, -0.2) is 30.7 Å². The molecule has 1 aliphatic carbocycles. The first-order valence-corrected chi connectivity index (χ1v) is 8.43. The molecule has 1 aromatic heterocycles. The molecule has 0 atom stereocenters. The summed E-state index contributed by atoms with van der Waals surface area (Å²) in [6.07, 6.45) is 7.98. The Morgan fingerprint density at radius 1 is 1.08 bits per heavy atom. The molecule has 3 rings (SSSR count). The summed E-state index contributed by atoms with van der Waals surface area (Å²) in [5, 5.41) is 6.92. The predicted molar refractivity (Wildman–Crippen MR) is 111 cm³/mol. The quantitative estimate of drug-likeness (QED) is 0.413. The molecule has 0 bridgehead atoms. The minimum Gasteiger partial charge on any atom is -0.356 e. The summed E-state index contributed by atoms with van der Waals surface area (Å²) in [5.74, 6) is 0.888. The van der Waals surface area contributed by atoms with Crippen molar-refractivity contribution in [3.05, 3.63) is 60.4 Å². The van der Waals surface area contributed by atoms with Crippen LogP contribution >= 0.6 is 24.0 Å². The molecule has 0 saturated heterocycles. The summed E-state index contributed by atoms with van der Waals surface area (Å²) in [5.41, 5.74) is 1.72. The van der Waals surface area contributed by atoms with E-state index in [1.165, 1.54) is 24.8 Å². The van der Waals surface area contributed by atoms with Crippen molar-refractivity contribution in [3.8, 4) is 0 Å². The van der Waals surface area contributed by atoms with Crippen molar-refractivity contribution >= 4 is 29.9 Å². The van der Waals surface area contributed by atoms with Crippen LogP contribution in [0.1, 0.15) is 24.8 Å². The van der Waals surface area contributed by atoms with Gasteiger partial charge in [0, 0.05) is 44.5 Å². The van der Waals surface area contributed by atoms with E-state index >= 15 is 0 Å². The highest BCUT2D eigenvalue weighted by atomic mass is 127. The molecule has 0 amide bonds. The van der Waals surface area contributed by atoms with Crippen molar-refractivity contribution in [1.82, 2.24) is 15.2 Å². The first-order chi connectivity index (χ1) is 11.3. The van der Waals surface area contributed by atoms with Crippen LogP contribution in [0.15, 0.2) is 59.9 Å². The summed E-state index contributed by atoms with van der Waals surface area (Å²) in [6, 6.07) is 15.0. The zero-order valence-electron chi connectivity index (χ0n) is 14.2. The van der Waals surface area contributed by atoms with Gasteiger partial charge in [0.25, 0.3) is 0 Å². The molecule has 2 N–H and O–H groups in total. The Balaban J connectivity index is 0.00000208. The van der Waals surface area contributed by atoms with Gasteiger partial charge in [-0.15, -0.1) is 24.0 Å². The van der Waals surface area contributed by atoms with Crippen LogP contribution in [0.3, 0.4) is 0 Å². The van der Waals surface area contributed by atoms with Gasteiger partial charge in [-0.05, 0) is 30.5 Å². The Morgan fingerprint density at radius 3 is 2.38 bits per heavy atom. The van der Waals surface area contributed by atoms with Crippen molar-refractivity contribution in [2.45, 2.75) is 31.2 Å². The first kappa shape index (κ1) is 18.8. The zero-order valence-corrected chi connectivity index (χ0v) is 16.6. The number of benzene rings is 1. The fraction of sp³-hybridized carbons (Fsp3) is 0.421. The molecule has 1 aromatic carbocycles. The smallest absolute Gasteiger partial charge is 0.191 e. The zero-order chi connectivity index (χ0) is 16.0. The van der Waals surface area contributed by atoms with Crippen molar-refractivity contribution in [2.24, 2.45) is 4.99 Å². The van der Waals surface area contributed by atoms with Gasteiger partial charge in [0.05, 0.1) is 0 Å². The summed E-state index contributed by atoms with van der Waals surface area (Å²) in [6.45, 7) is 2.75. The number of aromatic nitrogens is 1. The van der Waals surface area contributed by atoms with Crippen LogP contribution in [0.25, 0.3) is 0 Å². The molecule has 0 radical (unpaired) electrons. The van der Waals surface area contributed by atoms with Gasteiger partial charge in [0.1, 0.15) is 0 Å². The molecule has 1 fully saturated rings. The lowest BCUT2D eigenvalue weighted by Gasteiger charge is -2.43. The van der Waals surface area contributed by atoms with Gasteiger partial charge in [0.15, 0.2) is 5.96 Å². The Labute approximate surface area is 161 Å². The van der Waals surface area contributed by atoms with Crippen LogP contribution < -0.4 is 10.6 Å². The largest absolute Gasteiger partial charge is 0.356 e. The number of rotatable bonds is 6. The maximum absolute atomic E-state index is 4.35. The molecule has 24 heavy (non-hydrogen) atoms. The van der Waals surface area contributed by atoms with Crippen LogP contribution in [0.2, 0.25) is 0 Å². The number of halogens is 1. The number of hydrogen-bond acceptors (Lipinski definition) is 1. The van der Waals surface area contributed by atoms with Crippen molar-refractivity contribution < 1.29 is 0 Å². The van der Waals surface area contributed by atoms with Gasteiger partial charge in [-0.3, -0.25) is 4.99 Å². The number of hydrogen-bond donors (Lipinski definition) is 2. The second-order valence-corrected chi connectivity index (χ2v) is 6.27. The standard InChI is InChI=1S/C19H26N4.HI/c1-20-18(21-12-15-23-13-5-6-14-23)22-16-19(10-7-11-19)17-8-3-2-4-9-17;/h2-6,8-9,13-14H,7,10-12,15-16H2,1H3,(H2,20,21,22);1H. The third kappa shape index (κ3) is 4.53. The van der Waals surface area contributed by atoms with Gasteiger partial charge in [0.2, 0.25) is 0 Å². The second kappa shape index (κ2) is 9.11. The van der Waals surface area contributed by atoms with E-state index in [2.05, 4.69) is 62.9 Å². The van der Waals surface area contributed by atoms with Gasteiger partial charge < -0.3 is 15.2 Å². The number of nitrogens with one attached hydrogen (secondary N) is 2. The lowest BCUT2D eigenvalue weighted by Crippen LogP contribution is -2.49. The van der Waals surface area contributed by atoms with Crippen LogP contribution in [0, 0.1) is 0 Å². The summed E-state index contributed by atoms with van der Waals surface area (Å²) >= 11 is 0. The average molecular weight is 438 g/mol. The van der Waals surface area contributed by atoms with E-state index in [0.29, 0.717) is 0 Å². The fourth-order valence-electron chi connectivity index (χ4n) is 3.26. The third-order valence-corrected chi connectivity index (χ3v) is 4.84. The fourth-order valence-corrected chi connectivity index (χ4v) is 3.26. The SMILES string of the molecule is CN=C(NCCn1cccc1)NCC1(c2ccccc2)CCC1.I. The summed E-state index contributed by atoms with van der Waals surface area (Å²) in [4.78, 5) is 4.35. The Hall–Kier alpha value is -1.50. The van der Waals surface area contributed by atoms with Gasteiger partial charge in [-0.2, -0.15) is 0 Å². The van der Waals surface area contributed by atoms with Crippen molar-refractivity contribution in [3.63, 3.8) is 0 Å². The van der Waals surface area contributed by atoms with Gasteiger partial charge in [-0.25, -0.2) is 0 Å². The van der Waals surface area contributed by atoms with Gasteiger partial charge in [-0.1, -0.05) is 36.8 Å². The van der Waals surface area contributed by atoms with E-state index in [1.54, 1.807) is 0 Å². The van der Waals surface area contributed by atoms with E-state index < -0.39 is 0 Å². The maximum Gasteiger partial charge on any atom is 0.191 e. The highest BCUT2D eigenvalue weighted by Crippen LogP contribution is 2.43. The minimum absolute atomic E-state index is 0. The predicted octanol–water partition coefficient (Wildman–Crippen LogP) is 3.39. The average Bonchev–Trinajstić information content (AvgIpc) is 3.06. The van der Waals surface area contributed by atoms with E-state index in [-0.39, 0.29) is 29.4 Å². The Morgan fingerprint density at radius 2 is 1.79 bits per heavy atom. The van der Waals surface area contributed by atoms with Crippen LogP contribution in [0.5, 0.6) is 0 Å². The third-order valence-electron chi connectivity index (χ3n) is 4.84. The summed E-state index contributed by atoms with van der Waals surface area (Å²) in [7, 11) is 1.83. The molecule has 0 unspecified atom stereocenters. The van der Waals surface area contributed by atoms with Gasteiger partial charge >= 0.3 is 0 Å². The lowest BCUT2D eigenvalue weighted by molar-refractivity contribution is 0.244. The normalized spacial score (nSPS) is 16.0. The Kier molecular flexibility index (Phi) is 7.15. The molecular weight excluding hydrogens is 411 g/mol. The molecule has 1 heterocycles. The van der Waals surface area contributed by atoms with Crippen LogP contribution in [-0.2, 0) is 12.0 Å². The molecule has 1 aliphatic rings. The minimum atomic E-state index is 0. The monoisotopic (exact) mass is 438 g/mol. The van der Waals surface area contributed by atoms with E-state index in [9.17, 15) is 0 Å².